The van der Waals surface area contributed by atoms with Crippen molar-refractivity contribution in [3.05, 3.63) is 34.7 Å². The van der Waals surface area contributed by atoms with Crippen LogP contribution in [-0.4, -0.2) is 27.3 Å². The molecular formula is C11H9NO2S2. The van der Waals surface area contributed by atoms with Gasteiger partial charge in [-0.25, -0.2) is 0 Å². The Morgan fingerprint density at radius 2 is 2.00 bits per heavy atom. The summed E-state index contributed by atoms with van der Waals surface area (Å²) in [6.07, 6.45) is 1.77. The van der Waals surface area contributed by atoms with Crippen LogP contribution in [-0.2, 0) is 4.79 Å². The van der Waals surface area contributed by atoms with E-state index in [9.17, 15) is 4.79 Å². The van der Waals surface area contributed by atoms with Gasteiger partial charge >= 0.3 is 0 Å². The minimum atomic E-state index is -0.0805. The molecule has 0 saturated carbocycles. The van der Waals surface area contributed by atoms with Gasteiger partial charge in [-0.3, -0.25) is 9.69 Å². The number of thiocarbonyl (C=S) groups is 1. The number of likely N-dealkylation sites (N-methyl/N-ethyl adjacent to an activating group) is 1. The highest BCUT2D eigenvalue weighted by atomic mass is 32.2. The van der Waals surface area contributed by atoms with Gasteiger partial charge in [0.15, 0.2) is 0 Å². The molecule has 0 aromatic heterocycles. The van der Waals surface area contributed by atoms with Crippen molar-refractivity contribution in [2.24, 2.45) is 0 Å². The lowest BCUT2D eigenvalue weighted by molar-refractivity contribution is -0.121. The Morgan fingerprint density at radius 3 is 2.50 bits per heavy atom. The second kappa shape index (κ2) is 4.27. The van der Waals surface area contributed by atoms with E-state index in [1.807, 2.05) is 0 Å². The molecule has 1 aromatic carbocycles. The van der Waals surface area contributed by atoms with E-state index < -0.39 is 0 Å². The highest BCUT2D eigenvalue weighted by molar-refractivity contribution is 8.26. The molecule has 2 rings (SSSR count). The molecule has 0 radical (unpaired) electrons. The second-order valence-electron chi connectivity index (χ2n) is 3.33. The number of nitrogens with zero attached hydrogens (tertiary/aromatic N) is 1. The number of phenolic OH excluding ortho intramolecular Hbond substituents is 1. The maximum Gasteiger partial charge on any atom is 0.265 e. The molecule has 0 spiro atoms. The van der Waals surface area contributed by atoms with Gasteiger partial charge in [-0.05, 0) is 23.8 Å². The van der Waals surface area contributed by atoms with Crippen LogP contribution < -0.4 is 0 Å². The highest BCUT2D eigenvalue weighted by Crippen LogP contribution is 2.31. The number of thioether (sulfide) groups is 1. The van der Waals surface area contributed by atoms with Gasteiger partial charge in [0.2, 0.25) is 0 Å². The second-order valence-corrected chi connectivity index (χ2v) is 5.01. The minimum absolute atomic E-state index is 0.0805. The average molecular weight is 251 g/mol. The summed E-state index contributed by atoms with van der Waals surface area (Å²) in [7, 11) is 1.66. The Hall–Kier alpha value is -1.33. The largest absolute Gasteiger partial charge is 0.508 e. The summed E-state index contributed by atoms with van der Waals surface area (Å²) in [6.45, 7) is 0. The molecule has 0 unspecified atom stereocenters. The Labute approximate surface area is 103 Å². The molecule has 16 heavy (non-hydrogen) atoms. The van der Waals surface area contributed by atoms with Crippen molar-refractivity contribution in [2.45, 2.75) is 0 Å². The number of rotatable bonds is 1. The van der Waals surface area contributed by atoms with Crippen molar-refractivity contribution >= 4 is 40.3 Å². The van der Waals surface area contributed by atoms with Gasteiger partial charge in [0.25, 0.3) is 5.91 Å². The van der Waals surface area contributed by atoms with Crippen LogP contribution >= 0.6 is 24.0 Å². The number of benzene rings is 1. The standard InChI is InChI=1S/C11H9NO2S2/c1-12-10(14)9(16-11(12)15)6-7-2-4-8(13)5-3-7/h2-6,13H,1H3/b9-6+. The number of carbonyl (C=O) groups is 1. The summed E-state index contributed by atoms with van der Waals surface area (Å²) in [5.74, 6) is 0.128. The molecule has 0 bridgehead atoms. The van der Waals surface area contributed by atoms with E-state index in [1.165, 1.54) is 16.7 Å². The lowest BCUT2D eigenvalue weighted by Gasteiger charge is -2.03. The third-order valence-corrected chi connectivity index (χ3v) is 3.66. The SMILES string of the molecule is CN1C(=O)/C(=C\c2ccc(O)cc2)SC1=S. The summed E-state index contributed by atoms with van der Waals surface area (Å²) in [4.78, 5) is 13.7. The van der Waals surface area contributed by atoms with Crippen LogP contribution in [0.1, 0.15) is 5.56 Å². The van der Waals surface area contributed by atoms with Crippen molar-refractivity contribution in [2.75, 3.05) is 7.05 Å². The maximum atomic E-state index is 11.7. The van der Waals surface area contributed by atoms with Crippen LogP contribution in [0, 0.1) is 0 Å². The van der Waals surface area contributed by atoms with Crippen molar-refractivity contribution in [3.8, 4) is 5.75 Å². The highest BCUT2D eigenvalue weighted by Gasteiger charge is 2.28. The first-order valence-electron chi connectivity index (χ1n) is 4.58. The van der Waals surface area contributed by atoms with E-state index in [-0.39, 0.29) is 11.7 Å². The lowest BCUT2D eigenvalue weighted by atomic mass is 10.2. The fraction of sp³-hybridized carbons (Fsp3) is 0.0909. The molecule has 1 fully saturated rings. The summed E-state index contributed by atoms with van der Waals surface area (Å²) >= 11 is 6.31. The molecule has 3 nitrogen and oxygen atoms in total. The number of phenols is 1. The Balaban J connectivity index is 2.29. The number of hydrogen-bond donors (Lipinski definition) is 1. The zero-order valence-electron chi connectivity index (χ0n) is 8.51. The molecule has 1 saturated heterocycles. The monoisotopic (exact) mass is 251 g/mol. The first-order valence-corrected chi connectivity index (χ1v) is 5.81. The zero-order valence-corrected chi connectivity index (χ0v) is 10.1. The molecule has 0 atom stereocenters. The zero-order chi connectivity index (χ0) is 11.7. The van der Waals surface area contributed by atoms with E-state index in [0.29, 0.717) is 9.23 Å². The van der Waals surface area contributed by atoms with Gasteiger partial charge in [-0.15, -0.1) is 0 Å². The Kier molecular flexibility index (Phi) is 2.98. The van der Waals surface area contributed by atoms with E-state index in [1.54, 1.807) is 37.4 Å². The third kappa shape index (κ3) is 2.10. The molecular weight excluding hydrogens is 242 g/mol. The van der Waals surface area contributed by atoms with Crippen molar-refractivity contribution < 1.29 is 9.90 Å². The molecule has 0 aliphatic carbocycles. The van der Waals surface area contributed by atoms with E-state index in [2.05, 4.69) is 0 Å². The first kappa shape index (κ1) is 11.2. The third-order valence-electron chi connectivity index (χ3n) is 2.18. The summed E-state index contributed by atoms with van der Waals surface area (Å²) in [5.41, 5.74) is 0.867. The average Bonchev–Trinajstić information content (AvgIpc) is 2.50. The van der Waals surface area contributed by atoms with Crippen molar-refractivity contribution in [3.63, 3.8) is 0 Å². The van der Waals surface area contributed by atoms with Gasteiger partial charge in [0, 0.05) is 7.05 Å². The van der Waals surface area contributed by atoms with Gasteiger partial charge in [-0.2, -0.15) is 0 Å². The van der Waals surface area contributed by atoms with E-state index >= 15 is 0 Å². The molecule has 82 valence electrons. The summed E-state index contributed by atoms with van der Waals surface area (Å²) in [6, 6.07) is 6.66. The quantitative estimate of drug-likeness (QED) is 0.614. The molecule has 1 aliphatic rings. The number of carbonyl (C=O) groups excluding carboxylic acids is 1. The number of hydrogen-bond acceptors (Lipinski definition) is 4. The molecule has 1 heterocycles. The number of amides is 1. The smallest absolute Gasteiger partial charge is 0.265 e. The van der Waals surface area contributed by atoms with Crippen molar-refractivity contribution in [1.82, 2.24) is 4.90 Å². The van der Waals surface area contributed by atoms with E-state index in [4.69, 9.17) is 17.3 Å². The predicted molar refractivity (Wildman–Crippen MR) is 69.0 cm³/mol. The Morgan fingerprint density at radius 1 is 1.38 bits per heavy atom. The van der Waals surface area contributed by atoms with Crippen LogP contribution in [0.3, 0.4) is 0 Å². The number of aromatic hydroxyl groups is 1. The molecule has 1 aliphatic heterocycles. The van der Waals surface area contributed by atoms with Gasteiger partial charge < -0.3 is 5.11 Å². The lowest BCUT2D eigenvalue weighted by Crippen LogP contribution is -2.22. The first-order chi connectivity index (χ1) is 7.58. The molecule has 1 amide bonds. The molecule has 5 heteroatoms. The fourth-order valence-corrected chi connectivity index (χ4v) is 2.45. The van der Waals surface area contributed by atoms with Crippen molar-refractivity contribution in [1.29, 1.82) is 0 Å². The summed E-state index contributed by atoms with van der Waals surface area (Å²) < 4.78 is 0.565. The van der Waals surface area contributed by atoms with Gasteiger partial charge in [0.05, 0.1) is 4.91 Å². The molecule has 1 N–H and O–H groups in total. The molecule has 1 aromatic rings. The van der Waals surface area contributed by atoms with Crippen LogP contribution in [0.2, 0.25) is 0 Å². The van der Waals surface area contributed by atoms with Crippen LogP contribution in [0.4, 0.5) is 0 Å². The normalized spacial score (nSPS) is 18.6. The minimum Gasteiger partial charge on any atom is -0.508 e. The van der Waals surface area contributed by atoms with Crippen LogP contribution in [0.25, 0.3) is 6.08 Å². The maximum absolute atomic E-state index is 11.7. The van der Waals surface area contributed by atoms with Gasteiger partial charge in [0.1, 0.15) is 10.1 Å². The predicted octanol–water partition coefficient (Wildman–Crippen LogP) is 2.22. The Bertz CT molecular complexity index is 479. The fourth-order valence-electron chi connectivity index (χ4n) is 1.27. The summed E-state index contributed by atoms with van der Waals surface area (Å²) in [5, 5.41) is 9.13. The van der Waals surface area contributed by atoms with Crippen LogP contribution in [0.15, 0.2) is 29.2 Å². The van der Waals surface area contributed by atoms with E-state index in [0.717, 1.165) is 5.56 Å². The van der Waals surface area contributed by atoms with Gasteiger partial charge in [-0.1, -0.05) is 36.1 Å². The van der Waals surface area contributed by atoms with Crippen LogP contribution in [0.5, 0.6) is 5.75 Å². The topological polar surface area (TPSA) is 40.5 Å².